The number of nitrogens with zero attached hydrogens (tertiary/aromatic N) is 2. The van der Waals surface area contributed by atoms with Crippen LogP contribution in [0.3, 0.4) is 0 Å². The highest BCUT2D eigenvalue weighted by Crippen LogP contribution is 2.27. The van der Waals surface area contributed by atoms with E-state index >= 15 is 0 Å². The Morgan fingerprint density at radius 3 is 2.11 bits per heavy atom. The minimum Gasteiger partial charge on any atom is -0.354 e. The first-order valence-electron chi connectivity index (χ1n) is 14.6. The molecule has 44 heavy (non-hydrogen) atoms. The summed E-state index contributed by atoms with van der Waals surface area (Å²) in [5.74, 6) is -0.852. The Bertz CT molecular complexity index is 1680. The molecule has 0 heterocycles. The van der Waals surface area contributed by atoms with Gasteiger partial charge in [-0.15, -0.1) is 0 Å². The first-order chi connectivity index (χ1) is 21.1. The van der Waals surface area contributed by atoms with E-state index in [9.17, 15) is 18.0 Å². The van der Waals surface area contributed by atoms with Crippen molar-refractivity contribution >= 4 is 39.1 Å². The summed E-state index contributed by atoms with van der Waals surface area (Å²) in [5.41, 5.74) is 3.75. The molecule has 0 radical (unpaired) electrons. The summed E-state index contributed by atoms with van der Waals surface area (Å²) < 4.78 is 29.3. The first-order valence-corrected chi connectivity index (χ1v) is 16.4. The minimum absolute atomic E-state index is 0.0156. The van der Waals surface area contributed by atoms with Crippen LogP contribution in [0.25, 0.3) is 0 Å². The molecule has 0 aromatic heterocycles. The zero-order chi connectivity index (χ0) is 31.7. The maximum absolute atomic E-state index is 14.5. The van der Waals surface area contributed by atoms with E-state index in [1.54, 1.807) is 48.5 Å². The lowest BCUT2D eigenvalue weighted by atomic mass is 10.0. The number of hydrogen-bond donors (Lipinski definition) is 1. The van der Waals surface area contributed by atoms with E-state index in [0.29, 0.717) is 22.8 Å². The van der Waals surface area contributed by atoms with Gasteiger partial charge in [-0.2, -0.15) is 0 Å². The molecular weight excluding hydrogens is 594 g/mol. The standard InChI is InChI=1S/C35H38ClN3O4S/c1-4-21-37-35(41)33(23-28-13-7-5-8-14-28)38(24-29-15-11-12-18-32(29)36)34(40)25-39(30-20-19-26(2)27(3)22-30)44(42,43)31-16-9-6-10-17-31/h5-20,22,33H,4,21,23-25H2,1-3H3,(H,37,41). The molecular formula is C35H38ClN3O4S. The normalized spacial score (nSPS) is 11.9. The average molecular weight is 632 g/mol. The van der Waals surface area contributed by atoms with Crippen molar-refractivity contribution in [1.29, 1.82) is 0 Å². The smallest absolute Gasteiger partial charge is 0.264 e. The van der Waals surface area contributed by atoms with E-state index < -0.39 is 28.5 Å². The number of halogens is 1. The molecule has 0 fully saturated rings. The van der Waals surface area contributed by atoms with Gasteiger partial charge in [0.15, 0.2) is 0 Å². The number of carbonyl (C=O) groups is 2. The second kappa shape index (κ2) is 15.0. The molecule has 0 bridgehead atoms. The molecule has 1 N–H and O–H groups in total. The second-order valence-electron chi connectivity index (χ2n) is 10.7. The van der Waals surface area contributed by atoms with E-state index in [1.807, 2.05) is 63.2 Å². The Labute approximate surface area is 265 Å². The van der Waals surface area contributed by atoms with Gasteiger partial charge in [0.25, 0.3) is 10.0 Å². The van der Waals surface area contributed by atoms with Gasteiger partial charge in [-0.1, -0.05) is 91.3 Å². The van der Waals surface area contributed by atoms with Gasteiger partial charge in [-0.3, -0.25) is 13.9 Å². The van der Waals surface area contributed by atoms with E-state index in [-0.39, 0.29) is 23.8 Å². The highest BCUT2D eigenvalue weighted by molar-refractivity contribution is 7.92. The lowest BCUT2D eigenvalue weighted by Gasteiger charge is -2.34. The van der Waals surface area contributed by atoms with E-state index in [4.69, 9.17) is 11.6 Å². The molecule has 9 heteroatoms. The molecule has 0 aliphatic rings. The Morgan fingerprint density at radius 1 is 0.841 bits per heavy atom. The zero-order valence-corrected chi connectivity index (χ0v) is 26.8. The largest absolute Gasteiger partial charge is 0.354 e. The van der Waals surface area contributed by atoms with Gasteiger partial charge < -0.3 is 10.2 Å². The number of benzene rings is 4. The Kier molecular flexibility index (Phi) is 11.2. The number of rotatable bonds is 13. The quantitative estimate of drug-likeness (QED) is 0.187. The fourth-order valence-corrected chi connectivity index (χ4v) is 6.48. The number of anilines is 1. The topological polar surface area (TPSA) is 86.8 Å². The number of amides is 2. The maximum atomic E-state index is 14.5. The third-order valence-electron chi connectivity index (χ3n) is 7.51. The Balaban J connectivity index is 1.81. The molecule has 4 rings (SSSR count). The maximum Gasteiger partial charge on any atom is 0.264 e. The summed E-state index contributed by atoms with van der Waals surface area (Å²) in [6.07, 6.45) is 0.958. The van der Waals surface area contributed by atoms with Crippen LogP contribution in [-0.4, -0.2) is 44.3 Å². The predicted molar refractivity (Wildman–Crippen MR) is 176 cm³/mol. The summed E-state index contributed by atoms with van der Waals surface area (Å²) in [4.78, 5) is 29.7. The zero-order valence-electron chi connectivity index (χ0n) is 25.2. The third kappa shape index (κ3) is 8.07. The molecule has 0 aliphatic carbocycles. The number of aryl methyl sites for hydroxylation is 2. The van der Waals surface area contributed by atoms with Gasteiger partial charge in [0.2, 0.25) is 11.8 Å². The van der Waals surface area contributed by atoms with E-state index in [0.717, 1.165) is 27.4 Å². The summed E-state index contributed by atoms with van der Waals surface area (Å²) in [6, 6.07) is 29.0. The van der Waals surface area contributed by atoms with Crippen LogP contribution >= 0.6 is 11.6 Å². The fraction of sp³-hybridized carbons (Fsp3) is 0.257. The van der Waals surface area contributed by atoms with Crippen molar-refractivity contribution in [1.82, 2.24) is 10.2 Å². The minimum atomic E-state index is -4.15. The van der Waals surface area contributed by atoms with Crippen LogP contribution in [0, 0.1) is 13.8 Å². The van der Waals surface area contributed by atoms with Crippen LogP contribution in [0.4, 0.5) is 5.69 Å². The molecule has 1 unspecified atom stereocenters. The number of carbonyl (C=O) groups excluding carboxylic acids is 2. The van der Waals surface area contributed by atoms with Crippen LogP contribution in [0.15, 0.2) is 108 Å². The summed E-state index contributed by atoms with van der Waals surface area (Å²) in [5, 5.41) is 3.39. The fourth-order valence-electron chi connectivity index (χ4n) is 4.86. The molecule has 0 saturated carbocycles. The van der Waals surface area contributed by atoms with Gasteiger partial charge in [-0.05, 0) is 72.9 Å². The third-order valence-corrected chi connectivity index (χ3v) is 9.66. The van der Waals surface area contributed by atoms with Crippen molar-refractivity contribution in [2.24, 2.45) is 0 Å². The molecule has 7 nitrogen and oxygen atoms in total. The summed E-state index contributed by atoms with van der Waals surface area (Å²) >= 11 is 6.54. The van der Waals surface area contributed by atoms with Gasteiger partial charge >= 0.3 is 0 Å². The molecule has 2 amide bonds. The Hall–Kier alpha value is -4.14. The van der Waals surface area contributed by atoms with Gasteiger partial charge in [0.1, 0.15) is 12.6 Å². The predicted octanol–water partition coefficient (Wildman–Crippen LogP) is 6.32. The van der Waals surface area contributed by atoms with Gasteiger partial charge in [0, 0.05) is 24.5 Å². The highest BCUT2D eigenvalue weighted by Gasteiger charge is 2.34. The van der Waals surface area contributed by atoms with Crippen molar-refractivity contribution in [3.63, 3.8) is 0 Å². The number of hydrogen-bond acceptors (Lipinski definition) is 4. The highest BCUT2D eigenvalue weighted by atomic mass is 35.5. The molecule has 0 aliphatic heterocycles. The lowest BCUT2D eigenvalue weighted by Crippen LogP contribution is -2.53. The van der Waals surface area contributed by atoms with Crippen molar-refractivity contribution < 1.29 is 18.0 Å². The first kappa shape index (κ1) is 32.8. The molecule has 230 valence electrons. The van der Waals surface area contributed by atoms with Crippen LogP contribution in [0.5, 0.6) is 0 Å². The molecule has 4 aromatic rings. The summed E-state index contributed by atoms with van der Waals surface area (Å²) in [6.45, 7) is 5.73. The van der Waals surface area contributed by atoms with Crippen molar-refractivity contribution in [2.45, 2.75) is 51.1 Å². The van der Waals surface area contributed by atoms with E-state index in [2.05, 4.69) is 5.32 Å². The summed E-state index contributed by atoms with van der Waals surface area (Å²) in [7, 11) is -4.15. The van der Waals surface area contributed by atoms with Crippen molar-refractivity contribution in [2.75, 3.05) is 17.4 Å². The Morgan fingerprint density at radius 2 is 1.48 bits per heavy atom. The van der Waals surface area contributed by atoms with Crippen LogP contribution in [0.2, 0.25) is 5.02 Å². The molecule has 0 spiro atoms. The van der Waals surface area contributed by atoms with E-state index in [1.165, 1.54) is 17.0 Å². The molecule has 1 atom stereocenters. The van der Waals surface area contributed by atoms with Crippen molar-refractivity contribution in [3.05, 3.63) is 130 Å². The SMILES string of the molecule is CCCNC(=O)C(Cc1ccccc1)N(Cc1ccccc1Cl)C(=O)CN(c1ccc(C)c(C)c1)S(=O)(=O)c1ccccc1. The second-order valence-corrected chi connectivity index (χ2v) is 13.0. The number of nitrogens with one attached hydrogen (secondary N) is 1. The lowest BCUT2D eigenvalue weighted by molar-refractivity contribution is -0.140. The van der Waals surface area contributed by atoms with Crippen molar-refractivity contribution in [3.8, 4) is 0 Å². The molecule has 0 saturated heterocycles. The monoisotopic (exact) mass is 631 g/mol. The van der Waals surface area contributed by atoms with Gasteiger partial charge in [-0.25, -0.2) is 8.42 Å². The number of sulfonamides is 1. The molecule has 4 aromatic carbocycles. The van der Waals surface area contributed by atoms with Crippen LogP contribution in [0.1, 0.15) is 35.6 Å². The average Bonchev–Trinajstić information content (AvgIpc) is 3.03. The van der Waals surface area contributed by atoms with Gasteiger partial charge in [0.05, 0.1) is 10.6 Å². The van der Waals surface area contributed by atoms with Crippen LogP contribution in [-0.2, 0) is 32.6 Å². The van der Waals surface area contributed by atoms with Crippen LogP contribution < -0.4 is 9.62 Å².